The van der Waals surface area contributed by atoms with Gasteiger partial charge in [0.15, 0.2) is 5.41 Å². The van der Waals surface area contributed by atoms with Crippen molar-refractivity contribution in [2.45, 2.75) is 51.7 Å². The summed E-state index contributed by atoms with van der Waals surface area (Å²) >= 11 is 0. The Balaban J connectivity index is 1.88. The molecule has 1 aromatic rings. The molecule has 1 atom stereocenters. The zero-order valence-electron chi connectivity index (χ0n) is 16.3. The van der Waals surface area contributed by atoms with Crippen molar-refractivity contribution in [2.75, 3.05) is 13.6 Å². The summed E-state index contributed by atoms with van der Waals surface area (Å²) in [4.78, 5) is 13.5. The highest BCUT2D eigenvalue weighted by atomic mass is 19.3. The molecule has 4 nitrogen and oxygen atoms in total. The molecule has 0 aromatic heterocycles. The Labute approximate surface area is 159 Å². The van der Waals surface area contributed by atoms with E-state index in [1.54, 1.807) is 18.2 Å². The molecular formula is C20H24BF2NO3. The summed E-state index contributed by atoms with van der Waals surface area (Å²) in [6.45, 7) is 8.14. The minimum absolute atomic E-state index is 0.0317. The lowest BCUT2D eigenvalue weighted by molar-refractivity contribution is -0.138. The summed E-state index contributed by atoms with van der Waals surface area (Å²) in [5.74, 6) is 4.73. The zero-order valence-corrected chi connectivity index (χ0v) is 16.3. The summed E-state index contributed by atoms with van der Waals surface area (Å²) in [5.41, 5.74) is -1.55. The van der Waals surface area contributed by atoms with Crippen LogP contribution in [-0.4, -0.2) is 49.1 Å². The topological polar surface area (TPSA) is 38.8 Å². The average molecular weight is 375 g/mol. The van der Waals surface area contributed by atoms with Gasteiger partial charge in [-0.05, 0) is 51.7 Å². The second kappa shape index (κ2) is 6.61. The van der Waals surface area contributed by atoms with Crippen LogP contribution in [0.3, 0.4) is 0 Å². The van der Waals surface area contributed by atoms with Gasteiger partial charge in [-0.3, -0.25) is 4.79 Å². The number of halogens is 2. The fourth-order valence-electron chi connectivity index (χ4n) is 3.19. The molecule has 2 aliphatic heterocycles. The van der Waals surface area contributed by atoms with Gasteiger partial charge in [0.2, 0.25) is 5.91 Å². The minimum atomic E-state index is -2.83. The van der Waals surface area contributed by atoms with Gasteiger partial charge in [-0.25, -0.2) is 8.78 Å². The van der Waals surface area contributed by atoms with Crippen LogP contribution in [0, 0.1) is 17.3 Å². The second-order valence-electron chi connectivity index (χ2n) is 8.21. The zero-order chi connectivity index (χ0) is 20.0. The second-order valence-corrected chi connectivity index (χ2v) is 8.21. The predicted molar refractivity (Wildman–Crippen MR) is 99.7 cm³/mol. The SMILES string of the molecule is CN1CC[C@](C#Cc2cccc(B3OC(C)(C)C(C)(C)O3)c2)(C(F)F)C1=O. The molecule has 27 heavy (non-hydrogen) atoms. The van der Waals surface area contributed by atoms with Crippen molar-refractivity contribution >= 4 is 18.5 Å². The number of amides is 1. The number of carbonyl (C=O) groups is 1. The minimum Gasteiger partial charge on any atom is -0.399 e. The van der Waals surface area contributed by atoms with E-state index in [9.17, 15) is 13.6 Å². The highest BCUT2D eigenvalue weighted by Gasteiger charge is 2.52. The van der Waals surface area contributed by atoms with Gasteiger partial charge in [0.25, 0.3) is 6.43 Å². The van der Waals surface area contributed by atoms with Crippen molar-refractivity contribution in [3.8, 4) is 11.8 Å². The van der Waals surface area contributed by atoms with Crippen molar-refractivity contribution in [2.24, 2.45) is 5.41 Å². The van der Waals surface area contributed by atoms with E-state index in [1.807, 2.05) is 33.8 Å². The van der Waals surface area contributed by atoms with Crippen LogP contribution in [0.25, 0.3) is 0 Å². The number of likely N-dealkylation sites (tertiary alicyclic amines) is 1. The summed E-state index contributed by atoms with van der Waals surface area (Å²) < 4.78 is 39.3. The van der Waals surface area contributed by atoms with Crippen molar-refractivity contribution in [1.82, 2.24) is 4.90 Å². The molecule has 0 N–H and O–H groups in total. The van der Waals surface area contributed by atoms with Crippen molar-refractivity contribution in [3.05, 3.63) is 29.8 Å². The van der Waals surface area contributed by atoms with E-state index in [1.165, 1.54) is 11.9 Å². The Bertz CT molecular complexity index is 799. The third-order valence-corrected chi connectivity index (χ3v) is 5.78. The van der Waals surface area contributed by atoms with Crippen LogP contribution < -0.4 is 5.46 Å². The van der Waals surface area contributed by atoms with Gasteiger partial charge in [0.1, 0.15) is 0 Å². The Morgan fingerprint density at radius 2 is 1.81 bits per heavy atom. The quantitative estimate of drug-likeness (QED) is 0.589. The fraction of sp³-hybridized carbons (Fsp3) is 0.550. The lowest BCUT2D eigenvalue weighted by Gasteiger charge is -2.32. The first-order valence-corrected chi connectivity index (χ1v) is 9.01. The number of nitrogens with zero attached hydrogens (tertiary/aromatic N) is 1. The lowest BCUT2D eigenvalue weighted by Crippen LogP contribution is -2.41. The molecule has 2 saturated heterocycles. The number of hydrogen-bond donors (Lipinski definition) is 0. The molecule has 2 heterocycles. The normalized spacial score (nSPS) is 26.4. The molecule has 2 fully saturated rings. The van der Waals surface area contributed by atoms with Gasteiger partial charge in [-0.2, -0.15) is 0 Å². The van der Waals surface area contributed by atoms with E-state index < -0.39 is 36.1 Å². The predicted octanol–water partition coefficient (Wildman–Crippen LogP) is 2.45. The fourth-order valence-corrected chi connectivity index (χ4v) is 3.19. The molecule has 7 heteroatoms. The summed E-state index contributed by atoms with van der Waals surface area (Å²) in [6, 6.07) is 7.12. The van der Waals surface area contributed by atoms with E-state index >= 15 is 0 Å². The molecule has 0 bridgehead atoms. The maximum atomic E-state index is 13.6. The molecule has 1 aromatic carbocycles. The molecule has 0 radical (unpaired) electrons. The largest absolute Gasteiger partial charge is 0.494 e. The highest BCUT2D eigenvalue weighted by molar-refractivity contribution is 6.62. The van der Waals surface area contributed by atoms with E-state index in [0.29, 0.717) is 5.56 Å². The molecule has 3 rings (SSSR count). The maximum absolute atomic E-state index is 13.6. The van der Waals surface area contributed by atoms with Crippen LogP contribution in [0.1, 0.15) is 39.7 Å². The number of alkyl halides is 2. The summed E-state index contributed by atoms with van der Waals surface area (Å²) in [6.07, 6.45) is -2.79. The van der Waals surface area contributed by atoms with Crippen LogP contribution >= 0.6 is 0 Å². The Hall–Kier alpha value is -1.91. The van der Waals surface area contributed by atoms with Gasteiger partial charge in [0, 0.05) is 19.2 Å². The Kier molecular flexibility index (Phi) is 4.86. The summed E-state index contributed by atoms with van der Waals surface area (Å²) in [5, 5.41) is 0. The molecule has 2 aliphatic rings. The number of hydrogen-bond acceptors (Lipinski definition) is 3. The Morgan fingerprint density at radius 3 is 2.33 bits per heavy atom. The van der Waals surface area contributed by atoms with Gasteiger partial charge < -0.3 is 14.2 Å². The van der Waals surface area contributed by atoms with Crippen LogP contribution in [0.5, 0.6) is 0 Å². The van der Waals surface area contributed by atoms with Gasteiger partial charge in [0.05, 0.1) is 11.2 Å². The third-order valence-electron chi connectivity index (χ3n) is 5.78. The van der Waals surface area contributed by atoms with E-state index in [-0.39, 0.29) is 13.0 Å². The van der Waals surface area contributed by atoms with Crippen molar-refractivity contribution in [1.29, 1.82) is 0 Å². The molecule has 144 valence electrons. The molecule has 0 saturated carbocycles. The number of carbonyl (C=O) groups excluding carboxylic acids is 1. The van der Waals surface area contributed by atoms with Gasteiger partial charge >= 0.3 is 7.12 Å². The van der Waals surface area contributed by atoms with E-state index in [4.69, 9.17) is 9.31 Å². The smallest absolute Gasteiger partial charge is 0.399 e. The van der Waals surface area contributed by atoms with Crippen molar-refractivity contribution in [3.63, 3.8) is 0 Å². The maximum Gasteiger partial charge on any atom is 0.494 e. The van der Waals surface area contributed by atoms with E-state index in [0.717, 1.165) is 5.46 Å². The lowest BCUT2D eigenvalue weighted by atomic mass is 9.78. The summed E-state index contributed by atoms with van der Waals surface area (Å²) in [7, 11) is 0.965. The third kappa shape index (κ3) is 3.37. The molecule has 0 spiro atoms. The van der Waals surface area contributed by atoms with Crippen molar-refractivity contribution < 1.29 is 22.9 Å². The standard InChI is InChI=1S/C20H24BF2NO3/c1-18(2)19(3,4)27-21(26-18)15-8-6-7-14(13-15)9-10-20(16(22)23)11-12-24(5)17(20)25/h6-8,13,16H,11-12H2,1-5H3/t20-/m1/s1. The van der Waals surface area contributed by atoms with Gasteiger partial charge in [-0.15, -0.1) is 0 Å². The monoisotopic (exact) mass is 375 g/mol. The first-order valence-electron chi connectivity index (χ1n) is 9.01. The average Bonchev–Trinajstić information content (AvgIpc) is 3.00. The van der Waals surface area contributed by atoms with Crippen LogP contribution in [0.15, 0.2) is 24.3 Å². The number of rotatable bonds is 2. The van der Waals surface area contributed by atoms with E-state index in [2.05, 4.69) is 11.8 Å². The molecule has 0 unspecified atom stereocenters. The van der Waals surface area contributed by atoms with Crippen LogP contribution in [0.2, 0.25) is 0 Å². The molecule has 1 amide bonds. The number of benzene rings is 1. The van der Waals surface area contributed by atoms with Crippen LogP contribution in [-0.2, 0) is 14.1 Å². The first-order chi connectivity index (χ1) is 12.5. The Morgan fingerprint density at radius 1 is 1.19 bits per heavy atom. The van der Waals surface area contributed by atoms with Gasteiger partial charge in [-0.1, -0.05) is 24.0 Å². The molecule has 0 aliphatic carbocycles. The molecular weight excluding hydrogens is 351 g/mol. The highest BCUT2D eigenvalue weighted by Crippen LogP contribution is 2.37. The first kappa shape index (κ1) is 19.8. The van der Waals surface area contributed by atoms with Crippen LogP contribution in [0.4, 0.5) is 8.78 Å².